The number of ether oxygens (including phenoxy) is 2. The van der Waals surface area contributed by atoms with E-state index in [0.29, 0.717) is 6.42 Å². The van der Waals surface area contributed by atoms with E-state index in [4.69, 9.17) is 9.47 Å². The lowest BCUT2D eigenvalue weighted by Crippen LogP contribution is -2.11. The zero-order valence-electron chi connectivity index (χ0n) is 8.72. The number of benzene rings is 1. The van der Waals surface area contributed by atoms with E-state index in [-0.39, 0.29) is 18.5 Å². The summed E-state index contributed by atoms with van der Waals surface area (Å²) in [5.74, 6) is -2.04. The molecule has 0 fully saturated rings. The van der Waals surface area contributed by atoms with Crippen LogP contribution in [0, 0.1) is 17.7 Å². The van der Waals surface area contributed by atoms with Crippen molar-refractivity contribution in [1.82, 2.24) is 0 Å². The summed E-state index contributed by atoms with van der Waals surface area (Å²) < 4.78 is 35.8. The minimum atomic E-state index is -0.973. The van der Waals surface area contributed by atoms with Crippen LogP contribution in [0.15, 0.2) is 12.1 Å². The molecule has 0 saturated heterocycles. The van der Waals surface area contributed by atoms with Crippen molar-refractivity contribution in [3.63, 3.8) is 0 Å². The summed E-state index contributed by atoms with van der Waals surface area (Å²) in [6, 6.07) is 4.66. The van der Waals surface area contributed by atoms with Gasteiger partial charge >= 0.3 is 0 Å². The van der Waals surface area contributed by atoms with Gasteiger partial charge in [0.25, 0.3) is 0 Å². The number of hydrogen-bond acceptors (Lipinski definition) is 2. The summed E-state index contributed by atoms with van der Waals surface area (Å²) in [6.45, 7) is 2.15. The molecule has 83 valence electrons. The molecule has 1 aromatic rings. The first kappa shape index (κ1) is 11.9. The van der Waals surface area contributed by atoms with Crippen LogP contribution >= 0.6 is 0 Å². The van der Waals surface area contributed by atoms with Crippen LogP contribution in [0.25, 0.3) is 0 Å². The minimum Gasteiger partial charge on any atom is -0.490 e. The van der Waals surface area contributed by atoms with Crippen molar-refractivity contribution < 1.29 is 18.3 Å². The molecule has 0 amide bonds. The van der Waals surface area contributed by atoms with Crippen molar-refractivity contribution in [2.75, 3.05) is 13.7 Å². The number of rotatable bonds is 5. The van der Waals surface area contributed by atoms with Gasteiger partial charge < -0.3 is 9.47 Å². The lowest BCUT2D eigenvalue weighted by Gasteiger charge is -2.10. The molecule has 1 unspecified atom stereocenters. The van der Waals surface area contributed by atoms with Crippen LogP contribution in [0.2, 0.25) is 0 Å². The van der Waals surface area contributed by atoms with Crippen molar-refractivity contribution in [2.24, 2.45) is 0 Å². The van der Waals surface area contributed by atoms with Crippen molar-refractivity contribution in [1.29, 1.82) is 0 Å². The molecule has 15 heavy (non-hydrogen) atoms. The van der Waals surface area contributed by atoms with E-state index >= 15 is 0 Å². The summed E-state index contributed by atoms with van der Waals surface area (Å²) in [5.41, 5.74) is 0. The van der Waals surface area contributed by atoms with Crippen LogP contribution in [-0.4, -0.2) is 19.8 Å². The highest BCUT2D eigenvalue weighted by atomic mass is 19.2. The Kier molecular flexibility index (Phi) is 4.49. The zero-order chi connectivity index (χ0) is 11.3. The molecule has 4 heteroatoms. The molecule has 0 saturated carbocycles. The fraction of sp³-hybridized carbons (Fsp3) is 0.455. The summed E-state index contributed by atoms with van der Waals surface area (Å²) in [6.07, 6.45) is 0.650. The molecule has 2 nitrogen and oxygen atoms in total. The molecule has 0 aliphatic rings. The number of halogens is 2. The first-order chi connectivity index (χ1) is 7.15. The van der Waals surface area contributed by atoms with Gasteiger partial charge in [0, 0.05) is 13.5 Å². The second-order valence-corrected chi connectivity index (χ2v) is 3.16. The monoisotopic (exact) mass is 215 g/mol. The molecule has 1 atom stereocenters. The van der Waals surface area contributed by atoms with Gasteiger partial charge in [0.2, 0.25) is 5.82 Å². The van der Waals surface area contributed by atoms with Gasteiger partial charge in [-0.1, -0.05) is 0 Å². The average molecular weight is 215 g/mol. The Morgan fingerprint density at radius 2 is 2.13 bits per heavy atom. The Labute approximate surface area is 87.8 Å². The second kappa shape index (κ2) is 5.66. The molecular formula is C11H13F2O2. The maximum atomic E-state index is 13.1. The Bertz CT molecular complexity index is 315. The maximum absolute atomic E-state index is 13.1. The highest BCUT2D eigenvalue weighted by Crippen LogP contribution is 2.18. The van der Waals surface area contributed by atoms with Crippen molar-refractivity contribution in [3.05, 3.63) is 29.8 Å². The first-order valence-electron chi connectivity index (χ1n) is 4.66. The first-order valence-corrected chi connectivity index (χ1v) is 4.66. The van der Waals surface area contributed by atoms with Crippen LogP contribution in [0.1, 0.15) is 13.3 Å². The largest absolute Gasteiger partial charge is 0.490 e. The van der Waals surface area contributed by atoms with Gasteiger partial charge in [-0.15, -0.1) is 0 Å². The molecule has 1 aromatic carbocycles. The predicted octanol–water partition coefficient (Wildman–Crippen LogP) is 2.57. The number of hydrogen-bond donors (Lipinski definition) is 0. The van der Waals surface area contributed by atoms with E-state index in [0.717, 1.165) is 6.07 Å². The Balaban J connectivity index is 2.47. The Morgan fingerprint density at radius 1 is 1.40 bits per heavy atom. The number of methoxy groups -OCH3 is 1. The molecule has 0 aliphatic carbocycles. The van der Waals surface area contributed by atoms with Gasteiger partial charge in [0.1, 0.15) is 0 Å². The van der Waals surface area contributed by atoms with Crippen molar-refractivity contribution in [3.8, 4) is 5.75 Å². The van der Waals surface area contributed by atoms with Crippen molar-refractivity contribution in [2.45, 2.75) is 19.4 Å². The highest BCUT2D eigenvalue weighted by molar-refractivity contribution is 5.24. The molecular weight excluding hydrogens is 202 g/mol. The smallest absolute Gasteiger partial charge is 0.200 e. The molecule has 0 heterocycles. The zero-order valence-corrected chi connectivity index (χ0v) is 8.72. The quantitative estimate of drug-likeness (QED) is 0.751. The third-order valence-electron chi connectivity index (χ3n) is 2.03. The molecule has 0 aromatic heterocycles. The van der Waals surface area contributed by atoms with Gasteiger partial charge in [-0.3, -0.25) is 0 Å². The fourth-order valence-corrected chi connectivity index (χ4v) is 0.993. The summed E-state index contributed by atoms with van der Waals surface area (Å²) in [5, 5.41) is 0. The van der Waals surface area contributed by atoms with Crippen LogP contribution in [-0.2, 0) is 4.74 Å². The van der Waals surface area contributed by atoms with E-state index in [1.54, 1.807) is 7.11 Å². The Hall–Kier alpha value is -1.16. The second-order valence-electron chi connectivity index (χ2n) is 3.16. The molecule has 0 bridgehead atoms. The molecule has 0 aliphatic heterocycles. The highest BCUT2D eigenvalue weighted by Gasteiger charge is 2.09. The third kappa shape index (κ3) is 3.47. The SMILES string of the molecule is COC(C)CCOc1c[c]cc(F)c1F. The summed E-state index contributed by atoms with van der Waals surface area (Å²) >= 11 is 0. The van der Waals surface area contributed by atoms with Crippen molar-refractivity contribution >= 4 is 0 Å². The van der Waals surface area contributed by atoms with Crippen LogP contribution in [0.4, 0.5) is 8.78 Å². The Morgan fingerprint density at radius 3 is 2.80 bits per heavy atom. The van der Waals surface area contributed by atoms with Gasteiger partial charge in [-0.2, -0.15) is 4.39 Å². The molecule has 1 rings (SSSR count). The third-order valence-corrected chi connectivity index (χ3v) is 2.03. The minimum absolute atomic E-state index is 0.0330. The molecule has 0 spiro atoms. The fourth-order valence-electron chi connectivity index (χ4n) is 0.993. The van der Waals surface area contributed by atoms with E-state index in [1.165, 1.54) is 6.07 Å². The molecule has 1 radical (unpaired) electrons. The van der Waals surface area contributed by atoms with Crippen LogP contribution in [0.3, 0.4) is 0 Å². The summed E-state index contributed by atoms with van der Waals surface area (Å²) in [7, 11) is 1.58. The van der Waals surface area contributed by atoms with Gasteiger partial charge in [-0.25, -0.2) is 4.39 Å². The molecule has 0 N–H and O–H groups in total. The predicted molar refractivity (Wildman–Crippen MR) is 51.8 cm³/mol. The average Bonchev–Trinajstić information content (AvgIpc) is 2.24. The lowest BCUT2D eigenvalue weighted by molar-refractivity contribution is 0.0947. The van der Waals surface area contributed by atoms with Crippen LogP contribution in [0.5, 0.6) is 5.75 Å². The maximum Gasteiger partial charge on any atom is 0.200 e. The van der Waals surface area contributed by atoms with E-state index in [9.17, 15) is 8.78 Å². The van der Waals surface area contributed by atoms with E-state index in [2.05, 4.69) is 6.07 Å². The van der Waals surface area contributed by atoms with E-state index < -0.39 is 11.6 Å². The standard InChI is InChI=1S/C11H13F2O2/c1-8(14-2)6-7-15-10-5-3-4-9(12)11(10)13/h4-5,8H,6-7H2,1-2H3. The normalized spacial score (nSPS) is 12.5. The van der Waals surface area contributed by atoms with Gasteiger partial charge in [0.05, 0.1) is 12.7 Å². The topological polar surface area (TPSA) is 18.5 Å². The summed E-state index contributed by atoms with van der Waals surface area (Å²) in [4.78, 5) is 0. The lowest BCUT2D eigenvalue weighted by atomic mass is 10.3. The van der Waals surface area contributed by atoms with E-state index in [1.807, 2.05) is 6.92 Å². The van der Waals surface area contributed by atoms with Gasteiger partial charge in [-0.05, 0) is 25.1 Å². The van der Waals surface area contributed by atoms with Gasteiger partial charge in [0.15, 0.2) is 11.6 Å². The van der Waals surface area contributed by atoms with Crippen LogP contribution < -0.4 is 4.74 Å².